The van der Waals surface area contributed by atoms with Gasteiger partial charge in [0.15, 0.2) is 0 Å². The smallest absolute Gasteiger partial charge is 0.396 e. The van der Waals surface area contributed by atoms with Crippen molar-refractivity contribution >= 4 is 110 Å². The van der Waals surface area contributed by atoms with Gasteiger partial charge < -0.3 is 78.5 Å². The topological polar surface area (TPSA) is 812 Å². The summed E-state index contributed by atoms with van der Waals surface area (Å²) in [6, 6.07) is 0. The maximum Gasteiger partial charge on any atom is 0.472 e. The second-order valence-electron chi connectivity index (χ2n) is 21.5. The summed E-state index contributed by atoms with van der Waals surface area (Å²) < 4.78 is 369. The minimum Gasteiger partial charge on any atom is -0.396 e. The van der Waals surface area contributed by atoms with E-state index in [1.807, 2.05) is 0 Å². The molecule has 117 heavy (non-hydrogen) atoms. The van der Waals surface area contributed by atoms with Crippen LogP contribution in [0.3, 0.4) is 0 Å². The lowest BCUT2D eigenvalue weighted by atomic mass is 10.2. The van der Waals surface area contributed by atoms with Crippen LogP contribution in [-0.2, 0) is 186 Å². The van der Waals surface area contributed by atoms with Gasteiger partial charge >= 0.3 is 110 Å². The molecule has 0 aliphatic carbocycles. The zero-order chi connectivity index (χ0) is 89.6. The number of rotatable bonds is 80. The van der Waals surface area contributed by atoms with Crippen molar-refractivity contribution in [3.63, 3.8) is 0 Å². The van der Waals surface area contributed by atoms with Crippen molar-refractivity contribution in [1.82, 2.24) is 0 Å². The van der Waals surface area contributed by atoms with Crippen molar-refractivity contribution < 1.29 is 291 Å². The largest absolute Gasteiger partial charge is 0.472 e. The van der Waals surface area contributed by atoms with E-state index in [1.54, 1.807) is 0 Å². The van der Waals surface area contributed by atoms with Gasteiger partial charge in [0.25, 0.3) is 0 Å². The molecule has 19 unspecified atom stereocenters. The molecule has 16 N–H and O–H groups in total. The Hall–Kier alpha value is 1.08. The van der Waals surface area contributed by atoms with E-state index in [-0.39, 0.29) is 0 Å². The average molecular weight is 2030 g/mol. The van der Waals surface area contributed by atoms with Crippen LogP contribution in [0.2, 0.25) is 0 Å². The van der Waals surface area contributed by atoms with E-state index < -0.39 is 370 Å². The summed E-state index contributed by atoms with van der Waals surface area (Å²) in [5, 5.41) is 8.88. The molecule has 0 saturated heterocycles. The molecular weight excluding hydrogens is 1940 g/mol. The third-order valence-electron chi connectivity index (χ3n) is 11.5. The quantitative estimate of drug-likeness (QED) is 0.0229. The Labute approximate surface area is 658 Å². The zero-order valence-corrected chi connectivity index (χ0v) is 72.5. The number of halogens is 6. The van der Waals surface area contributed by atoms with Crippen molar-refractivity contribution in [2.24, 2.45) is 35.5 Å². The van der Waals surface area contributed by atoms with Gasteiger partial charge in [0.05, 0.1) is 225 Å². The van der Waals surface area contributed by atoms with Gasteiger partial charge in [0.2, 0.25) is 0 Å². The van der Waals surface area contributed by atoms with Crippen molar-refractivity contribution in [1.29, 1.82) is 0 Å². The summed E-state index contributed by atoms with van der Waals surface area (Å²) in [6.07, 6.45) is 0. The molecule has 19 atom stereocenters. The van der Waals surface area contributed by atoms with Crippen LogP contribution in [0.1, 0.15) is 0 Å². The Morgan fingerprint density at radius 3 is 0.350 bits per heavy atom. The molecule has 0 spiro atoms. The van der Waals surface area contributed by atoms with E-state index in [4.69, 9.17) is 14.9 Å². The lowest BCUT2D eigenvalue weighted by Crippen LogP contribution is -2.19. The fraction of sp³-hybridized carbons (Fsp3) is 1.00. The van der Waals surface area contributed by atoms with Crippen molar-refractivity contribution in [2.45, 2.75) is 0 Å². The lowest BCUT2D eigenvalue weighted by Gasteiger charge is -2.20. The summed E-state index contributed by atoms with van der Waals surface area (Å²) in [5.41, 5.74) is 0. The van der Waals surface area contributed by atoms with Gasteiger partial charge in [-0.2, -0.15) is 0 Å². The van der Waals surface area contributed by atoms with Crippen LogP contribution in [-0.4, -0.2) is 304 Å². The van der Waals surface area contributed by atoms with Crippen molar-refractivity contribution in [2.75, 3.05) is 225 Å². The fourth-order valence-corrected chi connectivity index (χ4v) is 16.2. The standard InChI is InChI=1S/C40H90F6O57P14/c41-17-35(23-47)24-94-108(57,58)83-9-10-86-111(63,64)97-29-38(20-44)30-99-113(67,68)88-13-14-90-115(71,72)101-33-40(22-46)34-103-117(75,76)92-16-15-91-116(73,74)102-32-39(21-45)31-100-114(69,70)89-12-11-87-112(65,66)98-28-37(19-43)27-96-110(61,62)85-8-6-82-107(55,56)80-4-2-78-105(51,52)77-1-3-79-106(53,54)81-5-7-84-109(59,60)95-26-36(18-42)25-93-104(48,49)50/h35-40,47H,1-34H2,(H,51,52)(H,53,54)(H,55,56)(H,57,58)(H,59,60)(H,61,62)(H,63,64)(H,65,66)(H,67,68)(H,69,70)(H,71,72)(H,73,74)(H,75,76)(H2,48,49,50). The zero-order valence-electron chi connectivity index (χ0n) is 59.9. The molecule has 0 fully saturated rings. The first-order chi connectivity index (χ1) is 53.8. The molecule has 0 aliphatic heterocycles. The fourth-order valence-electron chi connectivity index (χ4n) is 5.96. The van der Waals surface area contributed by atoms with Crippen LogP contribution in [0.25, 0.3) is 0 Å². The first-order valence-electron chi connectivity index (χ1n) is 31.5. The molecule has 704 valence electrons. The third kappa shape index (κ3) is 66.2. The summed E-state index contributed by atoms with van der Waals surface area (Å²) in [4.78, 5) is 145. The summed E-state index contributed by atoms with van der Waals surface area (Å²) in [6.45, 7) is -36.0. The number of aliphatic hydroxyl groups is 1. The van der Waals surface area contributed by atoms with E-state index >= 15 is 0 Å². The maximum absolute atomic E-state index is 13.7. The lowest BCUT2D eigenvalue weighted by molar-refractivity contribution is 0.0580. The van der Waals surface area contributed by atoms with Crippen LogP contribution >= 0.6 is 110 Å². The molecule has 0 aromatic heterocycles. The van der Waals surface area contributed by atoms with Crippen molar-refractivity contribution in [3.05, 3.63) is 0 Å². The highest BCUT2D eigenvalue weighted by Gasteiger charge is 2.36. The van der Waals surface area contributed by atoms with Gasteiger partial charge in [0.1, 0.15) is 0 Å². The summed E-state index contributed by atoms with van der Waals surface area (Å²) in [5.74, 6) is -9.01. The molecule has 0 rings (SSSR count). The molecular formula is C40H90F6O57P14. The van der Waals surface area contributed by atoms with Crippen molar-refractivity contribution in [3.8, 4) is 0 Å². The van der Waals surface area contributed by atoms with Crippen LogP contribution in [0, 0.1) is 35.5 Å². The van der Waals surface area contributed by atoms with Gasteiger partial charge in [-0.15, -0.1) is 0 Å². The number of hydrogen-bond donors (Lipinski definition) is 16. The van der Waals surface area contributed by atoms with Gasteiger partial charge in [-0.3, -0.25) is 148 Å². The molecule has 0 aromatic carbocycles. The summed E-state index contributed by atoms with van der Waals surface area (Å²) >= 11 is 0. The molecule has 0 radical (unpaired) electrons. The second-order valence-corrected chi connectivity index (χ2v) is 41.6. The number of phosphoric acid groups is 14. The predicted molar refractivity (Wildman–Crippen MR) is 364 cm³/mol. The van der Waals surface area contributed by atoms with Crippen LogP contribution < -0.4 is 0 Å². The van der Waals surface area contributed by atoms with E-state index in [0.29, 0.717) is 0 Å². The number of phosphoric ester groups is 14. The van der Waals surface area contributed by atoms with E-state index in [2.05, 4.69) is 122 Å². The minimum absolute atomic E-state index is 0.726. The maximum atomic E-state index is 13.7. The first kappa shape index (κ1) is 118. The molecule has 0 aliphatic rings. The highest BCUT2D eigenvalue weighted by atomic mass is 31.2. The Balaban J connectivity index is 4.60. The molecule has 0 aromatic rings. The Morgan fingerprint density at radius 1 is 0.162 bits per heavy atom. The molecule has 0 saturated carbocycles. The van der Waals surface area contributed by atoms with Gasteiger partial charge in [-0.25, -0.2) is 63.9 Å². The number of hydrogen-bond acceptors (Lipinski definition) is 42. The monoisotopic (exact) mass is 2030 g/mol. The third-order valence-corrected chi connectivity index (χ3v) is 24.9. The Bertz CT molecular complexity index is 3500. The van der Waals surface area contributed by atoms with E-state index in [1.165, 1.54) is 0 Å². The summed E-state index contributed by atoms with van der Waals surface area (Å²) in [7, 11) is -71.3. The molecule has 0 amide bonds. The molecule has 0 heterocycles. The Kier molecular flexibility index (Phi) is 59.1. The average Bonchev–Trinajstić information content (AvgIpc) is 1.25. The van der Waals surface area contributed by atoms with Crippen LogP contribution in [0.15, 0.2) is 0 Å². The van der Waals surface area contributed by atoms with Crippen LogP contribution in [0.4, 0.5) is 26.3 Å². The van der Waals surface area contributed by atoms with Gasteiger partial charge in [-0.05, 0) is 0 Å². The SMILES string of the molecule is O=P(O)(O)OCC(CF)COP(=O)(O)OCCOP(=O)(O)OCCOP(=O)(O)OCCOP(=O)(O)OCCOP(=O)(O)OCC(CF)COP(=O)(O)OCCOP(=O)(O)OCC(CF)COP(=O)(O)OCCOP(=O)(O)OCC(CF)COP(=O)(O)OCCOP(=O)(O)OCC(CF)COP(=O)(O)OCCOP(=O)(O)OCC(CO)CF. The highest BCUT2D eigenvalue weighted by molar-refractivity contribution is 7.50. The molecule has 77 heteroatoms. The van der Waals surface area contributed by atoms with Gasteiger partial charge in [0, 0.05) is 35.5 Å². The predicted octanol–water partition coefficient (Wildman–Crippen LogP) is 4.34. The highest BCUT2D eigenvalue weighted by Crippen LogP contribution is 2.54. The number of alkyl halides is 6. The first-order valence-corrected chi connectivity index (χ1v) is 52.5. The second kappa shape index (κ2) is 58.6. The molecule has 57 nitrogen and oxygen atoms in total. The van der Waals surface area contributed by atoms with E-state index in [0.717, 1.165) is 0 Å². The Morgan fingerprint density at radius 2 is 0.256 bits per heavy atom. The van der Waals surface area contributed by atoms with Gasteiger partial charge in [-0.1, -0.05) is 0 Å². The van der Waals surface area contributed by atoms with E-state index in [9.17, 15) is 154 Å². The normalized spacial score (nSPS) is 20.9. The molecule has 0 bridgehead atoms. The van der Waals surface area contributed by atoms with Crippen LogP contribution in [0.5, 0.6) is 0 Å². The minimum atomic E-state index is -5.22. The number of aliphatic hydroxyl groups excluding tert-OH is 1.